The maximum Gasteiger partial charge on any atom is 0.311 e. The number of rotatable bonds is 4. The summed E-state index contributed by atoms with van der Waals surface area (Å²) >= 11 is 0. The summed E-state index contributed by atoms with van der Waals surface area (Å²) < 4.78 is 5.03. The number of likely N-dealkylation sites (tertiary alicyclic amines) is 1. The van der Waals surface area contributed by atoms with E-state index in [9.17, 15) is 10.1 Å². The van der Waals surface area contributed by atoms with Gasteiger partial charge in [0, 0.05) is 25.7 Å². The van der Waals surface area contributed by atoms with E-state index in [4.69, 9.17) is 4.74 Å². The third-order valence-electron chi connectivity index (χ3n) is 4.31. The highest BCUT2D eigenvalue weighted by Gasteiger charge is 2.35. The zero-order valence-electron chi connectivity index (χ0n) is 11.5. The van der Waals surface area contributed by atoms with E-state index in [0.29, 0.717) is 5.75 Å². The van der Waals surface area contributed by atoms with E-state index in [1.54, 1.807) is 12.1 Å². The van der Waals surface area contributed by atoms with Gasteiger partial charge in [0.1, 0.15) is 0 Å². The number of nitrogens with zero attached hydrogens (tertiary/aromatic N) is 2. The quantitative estimate of drug-likeness (QED) is 0.663. The van der Waals surface area contributed by atoms with Crippen LogP contribution in [-0.2, 0) is 6.54 Å². The number of fused-ring (bicyclic) bond motifs is 1. The fraction of sp³-hybridized carbons (Fsp3) is 0.571. The highest BCUT2D eigenvalue weighted by atomic mass is 16.6. The monoisotopic (exact) mass is 277 g/mol. The van der Waals surface area contributed by atoms with Crippen molar-refractivity contribution in [1.29, 1.82) is 0 Å². The Labute approximate surface area is 117 Å². The zero-order chi connectivity index (χ0) is 14.1. The maximum absolute atomic E-state index is 11.0. The van der Waals surface area contributed by atoms with E-state index in [2.05, 4.69) is 10.2 Å². The first-order valence-corrected chi connectivity index (χ1v) is 6.91. The second-order valence-electron chi connectivity index (χ2n) is 5.64. The van der Waals surface area contributed by atoms with Crippen LogP contribution in [0.5, 0.6) is 5.75 Å². The fourth-order valence-corrected chi connectivity index (χ4v) is 3.32. The molecule has 0 aromatic heterocycles. The van der Waals surface area contributed by atoms with Gasteiger partial charge in [0.05, 0.1) is 12.0 Å². The summed E-state index contributed by atoms with van der Waals surface area (Å²) in [6.07, 6.45) is 0. The van der Waals surface area contributed by atoms with Crippen molar-refractivity contribution in [3.05, 3.63) is 33.9 Å². The van der Waals surface area contributed by atoms with Gasteiger partial charge in [0.15, 0.2) is 5.75 Å². The Morgan fingerprint density at radius 1 is 1.40 bits per heavy atom. The van der Waals surface area contributed by atoms with E-state index in [0.717, 1.165) is 50.1 Å². The Balaban J connectivity index is 1.72. The van der Waals surface area contributed by atoms with Crippen LogP contribution >= 0.6 is 0 Å². The van der Waals surface area contributed by atoms with Crippen LogP contribution < -0.4 is 10.1 Å². The van der Waals surface area contributed by atoms with Crippen molar-refractivity contribution in [1.82, 2.24) is 10.2 Å². The van der Waals surface area contributed by atoms with Crippen molar-refractivity contribution in [3.8, 4) is 5.75 Å². The molecule has 2 unspecified atom stereocenters. The van der Waals surface area contributed by atoms with Crippen molar-refractivity contribution in [2.24, 2.45) is 11.8 Å². The van der Waals surface area contributed by atoms with Gasteiger partial charge in [-0.1, -0.05) is 6.07 Å². The van der Waals surface area contributed by atoms with E-state index in [1.807, 2.05) is 6.07 Å². The summed E-state index contributed by atoms with van der Waals surface area (Å²) in [6, 6.07) is 5.23. The number of benzene rings is 1. The molecule has 0 bridgehead atoms. The standard InChI is InChI=1S/C14H19N3O3/c1-20-14-3-2-10(4-13(14)17(18)19)7-16-8-11-5-15-6-12(11)9-16/h2-4,11-12,15H,5-9H2,1H3. The molecular weight excluding hydrogens is 258 g/mol. The van der Waals surface area contributed by atoms with E-state index in [-0.39, 0.29) is 10.6 Å². The molecular formula is C14H19N3O3. The van der Waals surface area contributed by atoms with Crippen molar-refractivity contribution >= 4 is 5.69 Å². The van der Waals surface area contributed by atoms with Crippen LogP contribution in [0, 0.1) is 22.0 Å². The Bertz CT molecular complexity index is 508. The van der Waals surface area contributed by atoms with Gasteiger partial charge in [0.2, 0.25) is 0 Å². The van der Waals surface area contributed by atoms with E-state index in [1.165, 1.54) is 7.11 Å². The molecule has 1 aromatic rings. The predicted molar refractivity (Wildman–Crippen MR) is 74.8 cm³/mol. The number of hydrogen-bond donors (Lipinski definition) is 1. The Hall–Kier alpha value is -1.66. The lowest BCUT2D eigenvalue weighted by Crippen LogP contribution is -2.25. The van der Waals surface area contributed by atoms with Crippen LogP contribution in [0.3, 0.4) is 0 Å². The highest BCUT2D eigenvalue weighted by Crippen LogP contribution is 2.30. The van der Waals surface area contributed by atoms with Crippen LogP contribution in [0.15, 0.2) is 18.2 Å². The first-order chi connectivity index (χ1) is 9.67. The molecule has 108 valence electrons. The molecule has 0 saturated carbocycles. The molecule has 1 aromatic carbocycles. The highest BCUT2D eigenvalue weighted by molar-refractivity contribution is 5.48. The molecule has 2 aliphatic heterocycles. The Kier molecular flexibility index (Phi) is 3.58. The number of nitro groups is 1. The predicted octanol–water partition coefficient (Wildman–Crippen LogP) is 1.25. The van der Waals surface area contributed by atoms with Gasteiger partial charge in [-0.3, -0.25) is 15.0 Å². The number of ether oxygens (including phenoxy) is 1. The molecule has 6 nitrogen and oxygen atoms in total. The second kappa shape index (κ2) is 5.38. The van der Waals surface area contributed by atoms with Gasteiger partial charge in [0.25, 0.3) is 0 Å². The van der Waals surface area contributed by atoms with Crippen molar-refractivity contribution in [2.45, 2.75) is 6.54 Å². The number of nitrogens with one attached hydrogen (secondary N) is 1. The number of hydrogen-bond acceptors (Lipinski definition) is 5. The van der Waals surface area contributed by atoms with Gasteiger partial charge in [-0.05, 0) is 36.6 Å². The SMILES string of the molecule is COc1ccc(CN2CC3CNCC3C2)cc1[N+](=O)[O-]. The minimum absolute atomic E-state index is 0.0473. The molecule has 0 aliphatic carbocycles. The average molecular weight is 277 g/mol. The van der Waals surface area contributed by atoms with Crippen LogP contribution in [0.4, 0.5) is 5.69 Å². The third-order valence-corrected chi connectivity index (χ3v) is 4.31. The zero-order valence-corrected chi connectivity index (χ0v) is 11.5. The van der Waals surface area contributed by atoms with Crippen molar-refractivity contribution < 1.29 is 9.66 Å². The Morgan fingerprint density at radius 2 is 2.10 bits per heavy atom. The first kappa shape index (κ1) is 13.3. The fourth-order valence-electron chi connectivity index (χ4n) is 3.32. The molecule has 0 amide bonds. The first-order valence-electron chi connectivity index (χ1n) is 6.91. The summed E-state index contributed by atoms with van der Waals surface area (Å²) in [5.74, 6) is 1.80. The number of methoxy groups -OCH3 is 1. The molecule has 2 fully saturated rings. The summed E-state index contributed by atoms with van der Waals surface area (Å²) in [5.41, 5.74) is 1.02. The molecule has 1 N–H and O–H groups in total. The van der Waals surface area contributed by atoms with Gasteiger partial charge in [-0.15, -0.1) is 0 Å². The summed E-state index contributed by atoms with van der Waals surface area (Å²) in [6.45, 7) is 5.14. The van der Waals surface area contributed by atoms with Crippen LogP contribution in [0.2, 0.25) is 0 Å². The van der Waals surface area contributed by atoms with Gasteiger partial charge >= 0.3 is 5.69 Å². The summed E-state index contributed by atoms with van der Waals surface area (Å²) in [7, 11) is 1.46. The number of nitro benzene ring substituents is 1. The molecule has 2 atom stereocenters. The van der Waals surface area contributed by atoms with Crippen molar-refractivity contribution in [3.63, 3.8) is 0 Å². The Morgan fingerprint density at radius 3 is 2.70 bits per heavy atom. The van der Waals surface area contributed by atoms with Gasteiger partial charge in [-0.25, -0.2) is 0 Å². The molecule has 2 saturated heterocycles. The second-order valence-corrected chi connectivity index (χ2v) is 5.64. The topological polar surface area (TPSA) is 67.6 Å². The molecule has 2 aliphatic rings. The maximum atomic E-state index is 11.0. The minimum atomic E-state index is -0.384. The van der Waals surface area contributed by atoms with Crippen molar-refractivity contribution in [2.75, 3.05) is 33.3 Å². The largest absolute Gasteiger partial charge is 0.490 e. The molecule has 3 rings (SSSR count). The smallest absolute Gasteiger partial charge is 0.311 e. The minimum Gasteiger partial charge on any atom is -0.490 e. The lowest BCUT2D eigenvalue weighted by atomic mass is 10.0. The van der Waals surface area contributed by atoms with Gasteiger partial charge in [-0.2, -0.15) is 0 Å². The van der Waals surface area contributed by atoms with E-state index < -0.39 is 0 Å². The average Bonchev–Trinajstić information content (AvgIpc) is 2.99. The molecule has 0 spiro atoms. The molecule has 6 heteroatoms. The third kappa shape index (κ3) is 2.48. The molecule has 20 heavy (non-hydrogen) atoms. The van der Waals surface area contributed by atoms with E-state index >= 15 is 0 Å². The van der Waals surface area contributed by atoms with Gasteiger partial charge < -0.3 is 10.1 Å². The normalized spacial score (nSPS) is 25.6. The summed E-state index contributed by atoms with van der Waals surface area (Å²) in [4.78, 5) is 13.0. The molecule has 2 heterocycles. The summed E-state index contributed by atoms with van der Waals surface area (Å²) in [5, 5.41) is 14.4. The van der Waals surface area contributed by atoms with Crippen LogP contribution in [-0.4, -0.2) is 43.1 Å². The molecule has 0 radical (unpaired) electrons. The van der Waals surface area contributed by atoms with Crippen LogP contribution in [0.25, 0.3) is 0 Å². The lowest BCUT2D eigenvalue weighted by Gasteiger charge is -2.17. The van der Waals surface area contributed by atoms with Crippen LogP contribution in [0.1, 0.15) is 5.56 Å². The lowest BCUT2D eigenvalue weighted by molar-refractivity contribution is -0.385.